The van der Waals surface area contributed by atoms with Gasteiger partial charge in [0, 0.05) is 18.8 Å². The summed E-state index contributed by atoms with van der Waals surface area (Å²) in [5.74, 6) is -0.258. The number of carbonyl (C=O) groups excluding carboxylic acids is 1. The molecule has 1 saturated heterocycles. The predicted octanol–water partition coefficient (Wildman–Crippen LogP) is 1.62. The third-order valence-corrected chi connectivity index (χ3v) is 3.68. The van der Waals surface area contributed by atoms with E-state index in [2.05, 4.69) is 4.90 Å². The summed E-state index contributed by atoms with van der Waals surface area (Å²) in [7, 11) is 0. The molecule has 0 aromatic heterocycles. The molecule has 2 rings (SSSR count). The van der Waals surface area contributed by atoms with Crippen molar-refractivity contribution < 1.29 is 4.79 Å². The van der Waals surface area contributed by atoms with Gasteiger partial charge in [-0.05, 0) is 31.5 Å². The highest BCUT2D eigenvalue weighted by molar-refractivity contribution is 6.33. The van der Waals surface area contributed by atoms with Crippen LogP contribution in [0.5, 0.6) is 0 Å². The number of anilines is 2. The normalized spacial score (nSPS) is 24.0. The smallest absolute Gasteiger partial charge is 0.225 e. The molecule has 1 aliphatic heterocycles. The van der Waals surface area contributed by atoms with E-state index < -0.39 is 5.41 Å². The quantitative estimate of drug-likeness (QED) is 0.787. The first-order chi connectivity index (χ1) is 7.92. The molecule has 0 spiro atoms. The predicted molar refractivity (Wildman–Crippen MR) is 70.0 cm³/mol. The lowest BCUT2D eigenvalue weighted by molar-refractivity contribution is -0.125. The maximum atomic E-state index is 11.4. The summed E-state index contributed by atoms with van der Waals surface area (Å²) in [6, 6.07) is 5.41. The average molecular weight is 254 g/mol. The average Bonchev–Trinajstić information content (AvgIpc) is 2.62. The Balaban J connectivity index is 2.24. The summed E-state index contributed by atoms with van der Waals surface area (Å²) in [6.07, 6.45) is 0.753. The summed E-state index contributed by atoms with van der Waals surface area (Å²) >= 11 is 6.14. The van der Waals surface area contributed by atoms with Crippen molar-refractivity contribution in [2.45, 2.75) is 13.3 Å². The molecule has 4 nitrogen and oxygen atoms in total. The Morgan fingerprint density at radius 2 is 2.24 bits per heavy atom. The molecule has 17 heavy (non-hydrogen) atoms. The monoisotopic (exact) mass is 253 g/mol. The van der Waals surface area contributed by atoms with Gasteiger partial charge in [-0.15, -0.1) is 0 Å². The fraction of sp³-hybridized carbons (Fsp3) is 0.417. The molecule has 5 heteroatoms. The van der Waals surface area contributed by atoms with Crippen molar-refractivity contribution >= 4 is 28.9 Å². The van der Waals surface area contributed by atoms with E-state index >= 15 is 0 Å². The van der Waals surface area contributed by atoms with Crippen LogP contribution in [0.15, 0.2) is 18.2 Å². The largest absolute Gasteiger partial charge is 0.399 e. The Hall–Kier alpha value is -1.42. The van der Waals surface area contributed by atoms with E-state index in [1.54, 1.807) is 12.1 Å². The SMILES string of the molecule is CC1(C(N)=O)CCN(c2ccc(N)cc2Cl)C1. The lowest BCUT2D eigenvalue weighted by Crippen LogP contribution is -2.37. The number of nitrogens with two attached hydrogens (primary N) is 2. The molecule has 0 saturated carbocycles. The molecule has 1 aromatic rings. The molecular formula is C12H16ClN3O. The van der Waals surface area contributed by atoms with Gasteiger partial charge in [0.2, 0.25) is 5.91 Å². The lowest BCUT2D eigenvalue weighted by atomic mass is 9.89. The Morgan fingerprint density at radius 3 is 2.76 bits per heavy atom. The fourth-order valence-electron chi connectivity index (χ4n) is 2.15. The number of nitrogens with zero attached hydrogens (tertiary/aromatic N) is 1. The minimum Gasteiger partial charge on any atom is -0.399 e. The zero-order valence-electron chi connectivity index (χ0n) is 9.74. The van der Waals surface area contributed by atoms with Crippen LogP contribution in [-0.4, -0.2) is 19.0 Å². The Morgan fingerprint density at radius 1 is 1.53 bits per heavy atom. The second-order valence-corrected chi connectivity index (χ2v) is 5.21. The molecule has 1 aromatic carbocycles. The van der Waals surface area contributed by atoms with Crippen LogP contribution in [0.3, 0.4) is 0 Å². The van der Waals surface area contributed by atoms with E-state index in [1.165, 1.54) is 0 Å². The maximum Gasteiger partial charge on any atom is 0.225 e. The zero-order valence-corrected chi connectivity index (χ0v) is 10.5. The molecule has 1 amide bonds. The molecule has 1 unspecified atom stereocenters. The van der Waals surface area contributed by atoms with Crippen LogP contribution in [0.25, 0.3) is 0 Å². The number of rotatable bonds is 2. The third kappa shape index (κ3) is 2.17. The minimum absolute atomic E-state index is 0.258. The number of halogens is 1. The summed E-state index contributed by atoms with van der Waals surface area (Å²) in [6.45, 7) is 3.27. The maximum absolute atomic E-state index is 11.4. The highest BCUT2D eigenvalue weighted by atomic mass is 35.5. The van der Waals surface area contributed by atoms with Gasteiger partial charge in [-0.1, -0.05) is 11.6 Å². The molecule has 92 valence electrons. The van der Waals surface area contributed by atoms with Crippen LogP contribution in [0, 0.1) is 5.41 Å². The van der Waals surface area contributed by atoms with Crippen molar-refractivity contribution in [2.75, 3.05) is 23.7 Å². The lowest BCUT2D eigenvalue weighted by Gasteiger charge is -2.23. The number of primary amides is 1. The van der Waals surface area contributed by atoms with E-state index in [1.807, 2.05) is 13.0 Å². The minimum atomic E-state index is -0.468. The number of carbonyl (C=O) groups is 1. The van der Waals surface area contributed by atoms with Gasteiger partial charge in [-0.2, -0.15) is 0 Å². The van der Waals surface area contributed by atoms with Crippen LogP contribution >= 0.6 is 11.6 Å². The Kier molecular flexibility index (Phi) is 2.91. The van der Waals surface area contributed by atoms with Crippen molar-refractivity contribution in [3.63, 3.8) is 0 Å². The van der Waals surface area contributed by atoms with Crippen LogP contribution in [-0.2, 0) is 4.79 Å². The second-order valence-electron chi connectivity index (χ2n) is 4.81. The summed E-state index contributed by atoms with van der Waals surface area (Å²) in [5.41, 5.74) is 12.1. The van der Waals surface area contributed by atoms with Gasteiger partial charge < -0.3 is 16.4 Å². The number of nitrogen functional groups attached to an aromatic ring is 1. The summed E-state index contributed by atoms with van der Waals surface area (Å²) < 4.78 is 0. The first-order valence-electron chi connectivity index (χ1n) is 5.52. The van der Waals surface area contributed by atoms with Crippen molar-refractivity contribution in [2.24, 2.45) is 11.1 Å². The van der Waals surface area contributed by atoms with Gasteiger partial charge in [0.05, 0.1) is 16.1 Å². The van der Waals surface area contributed by atoms with Crippen LogP contribution in [0.4, 0.5) is 11.4 Å². The number of benzene rings is 1. The molecule has 1 aliphatic rings. The molecule has 1 atom stereocenters. The van der Waals surface area contributed by atoms with Gasteiger partial charge >= 0.3 is 0 Å². The summed E-state index contributed by atoms with van der Waals surface area (Å²) in [4.78, 5) is 13.5. The van der Waals surface area contributed by atoms with E-state index in [0.717, 1.165) is 18.7 Å². The van der Waals surface area contributed by atoms with E-state index in [0.29, 0.717) is 17.3 Å². The van der Waals surface area contributed by atoms with Crippen molar-refractivity contribution in [3.8, 4) is 0 Å². The van der Waals surface area contributed by atoms with Crippen molar-refractivity contribution in [1.29, 1.82) is 0 Å². The van der Waals surface area contributed by atoms with Crippen LogP contribution in [0.2, 0.25) is 5.02 Å². The summed E-state index contributed by atoms with van der Waals surface area (Å²) in [5, 5.41) is 0.610. The van der Waals surface area contributed by atoms with E-state index in [9.17, 15) is 4.79 Å². The number of hydrogen-bond acceptors (Lipinski definition) is 3. The molecule has 0 bridgehead atoms. The fourth-order valence-corrected chi connectivity index (χ4v) is 2.46. The molecule has 1 heterocycles. The van der Waals surface area contributed by atoms with Gasteiger partial charge in [0.1, 0.15) is 0 Å². The van der Waals surface area contributed by atoms with Gasteiger partial charge in [-0.25, -0.2) is 0 Å². The van der Waals surface area contributed by atoms with Gasteiger partial charge in [-0.3, -0.25) is 4.79 Å². The topological polar surface area (TPSA) is 72.4 Å². The number of amides is 1. The molecular weight excluding hydrogens is 238 g/mol. The van der Waals surface area contributed by atoms with Crippen molar-refractivity contribution in [1.82, 2.24) is 0 Å². The van der Waals surface area contributed by atoms with Gasteiger partial charge in [0.15, 0.2) is 0 Å². The standard InChI is InChI=1S/C12H16ClN3O/c1-12(11(15)17)4-5-16(7-12)10-3-2-8(14)6-9(10)13/h2-3,6H,4-5,7,14H2,1H3,(H2,15,17). The van der Waals surface area contributed by atoms with Crippen molar-refractivity contribution in [3.05, 3.63) is 23.2 Å². The van der Waals surface area contributed by atoms with E-state index in [-0.39, 0.29) is 5.91 Å². The Labute approximate surface area is 106 Å². The molecule has 4 N–H and O–H groups in total. The van der Waals surface area contributed by atoms with Crippen LogP contribution < -0.4 is 16.4 Å². The van der Waals surface area contributed by atoms with Crippen LogP contribution in [0.1, 0.15) is 13.3 Å². The highest BCUT2D eigenvalue weighted by Crippen LogP contribution is 2.36. The van der Waals surface area contributed by atoms with E-state index in [4.69, 9.17) is 23.1 Å². The third-order valence-electron chi connectivity index (χ3n) is 3.38. The number of hydrogen-bond donors (Lipinski definition) is 2. The first kappa shape index (κ1) is 12.0. The second kappa shape index (κ2) is 4.11. The Bertz CT molecular complexity index is 463. The zero-order chi connectivity index (χ0) is 12.6. The molecule has 1 fully saturated rings. The molecule has 0 aliphatic carbocycles. The molecule has 0 radical (unpaired) electrons. The van der Waals surface area contributed by atoms with Gasteiger partial charge in [0.25, 0.3) is 0 Å². The first-order valence-corrected chi connectivity index (χ1v) is 5.90. The highest BCUT2D eigenvalue weighted by Gasteiger charge is 2.39.